The van der Waals surface area contributed by atoms with Crippen LogP contribution in [0.3, 0.4) is 0 Å². The second-order valence-corrected chi connectivity index (χ2v) is 5.78. The maximum absolute atomic E-state index is 13.1. The second-order valence-electron chi connectivity index (χ2n) is 4.93. The molecule has 1 saturated heterocycles. The fraction of sp³-hybridized carbons (Fsp3) is 0.500. The van der Waals surface area contributed by atoms with E-state index in [2.05, 4.69) is 20.8 Å². The average Bonchev–Trinajstić information content (AvgIpc) is 2.37. The number of hydrogen-bond donors (Lipinski definition) is 1. The molecule has 0 amide bonds. The minimum Gasteiger partial charge on any atom is -0.481 e. The topological polar surface area (TPSA) is 49.8 Å². The summed E-state index contributed by atoms with van der Waals surface area (Å²) in [4.78, 5) is 12.9. The highest BCUT2D eigenvalue weighted by atomic mass is 79.9. The molecule has 1 aromatic rings. The van der Waals surface area contributed by atoms with E-state index < -0.39 is 5.97 Å². The van der Waals surface area contributed by atoms with E-state index in [9.17, 15) is 9.18 Å². The predicted molar refractivity (Wildman–Crippen MR) is 76.1 cm³/mol. The number of carbonyl (C=O) groups is 1. The number of aliphatic carboxylic acids is 1. The predicted octanol–water partition coefficient (Wildman–Crippen LogP) is 2.82. The molecule has 0 saturated carbocycles. The first-order valence-corrected chi connectivity index (χ1v) is 7.29. The Morgan fingerprint density at radius 2 is 2.40 bits per heavy atom. The van der Waals surface area contributed by atoms with Crippen molar-refractivity contribution in [3.63, 3.8) is 0 Å². The molecular weight excluding hydrogens is 329 g/mol. The van der Waals surface area contributed by atoms with Gasteiger partial charge in [-0.05, 0) is 24.6 Å². The molecule has 0 spiro atoms. The Bertz CT molecular complexity index is 497. The summed E-state index contributed by atoms with van der Waals surface area (Å²) in [5, 5.41) is 8.83. The maximum atomic E-state index is 13.1. The van der Waals surface area contributed by atoms with Crippen LogP contribution in [-0.4, -0.2) is 41.8 Å². The fourth-order valence-corrected chi connectivity index (χ4v) is 3.13. The third-order valence-electron chi connectivity index (χ3n) is 3.53. The minimum absolute atomic E-state index is 0.00775. The van der Waals surface area contributed by atoms with Crippen molar-refractivity contribution in [2.75, 3.05) is 19.7 Å². The second kappa shape index (κ2) is 6.65. The Morgan fingerprint density at radius 3 is 3.05 bits per heavy atom. The molecule has 6 heteroatoms. The van der Waals surface area contributed by atoms with Crippen LogP contribution in [-0.2, 0) is 9.53 Å². The molecule has 1 aliphatic rings. The summed E-state index contributed by atoms with van der Waals surface area (Å²) >= 11 is 3.38. The Balaban J connectivity index is 2.08. The van der Waals surface area contributed by atoms with Gasteiger partial charge in [0.15, 0.2) is 0 Å². The zero-order valence-electron chi connectivity index (χ0n) is 11.2. The largest absolute Gasteiger partial charge is 0.481 e. The van der Waals surface area contributed by atoms with E-state index in [1.807, 2.05) is 6.92 Å². The van der Waals surface area contributed by atoms with Crippen molar-refractivity contribution in [1.82, 2.24) is 4.90 Å². The summed E-state index contributed by atoms with van der Waals surface area (Å²) < 4.78 is 19.3. The van der Waals surface area contributed by atoms with Gasteiger partial charge in [-0.2, -0.15) is 0 Å². The number of halogens is 2. The van der Waals surface area contributed by atoms with Gasteiger partial charge < -0.3 is 9.84 Å². The van der Waals surface area contributed by atoms with Crippen molar-refractivity contribution in [3.05, 3.63) is 34.1 Å². The molecule has 1 fully saturated rings. The molecule has 1 heterocycles. The molecule has 2 unspecified atom stereocenters. The van der Waals surface area contributed by atoms with Crippen LogP contribution in [0.2, 0.25) is 0 Å². The SMILES string of the molecule is CC(c1ccc(F)cc1Br)N1CCOC(CC(=O)O)C1. The molecule has 2 atom stereocenters. The maximum Gasteiger partial charge on any atom is 0.306 e. The molecule has 4 nitrogen and oxygen atoms in total. The van der Waals surface area contributed by atoms with E-state index >= 15 is 0 Å². The van der Waals surface area contributed by atoms with Crippen molar-refractivity contribution in [2.24, 2.45) is 0 Å². The molecule has 20 heavy (non-hydrogen) atoms. The summed E-state index contributed by atoms with van der Waals surface area (Å²) in [6, 6.07) is 4.71. The van der Waals surface area contributed by atoms with E-state index in [-0.39, 0.29) is 24.4 Å². The highest BCUT2D eigenvalue weighted by Crippen LogP contribution is 2.29. The standard InChI is InChI=1S/C14H17BrFNO3/c1-9(12-3-2-10(16)6-13(12)15)17-4-5-20-11(8-17)7-14(18)19/h2-3,6,9,11H,4-5,7-8H2,1H3,(H,18,19). The summed E-state index contributed by atoms with van der Waals surface area (Å²) in [7, 11) is 0. The Morgan fingerprint density at radius 1 is 1.65 bits per heavy atom. The normalized spacial score (nSPS) is 21.6. The lowest BCUT2D eigenvalue weighted by Crippen LogP contribution is -2.44. The molecule has 0 radical (unpaired) electrons. The lowest BCUT2D eigenvalue weighted by atomic mass is 10.1. The molecule has 2 rings (SSSR count). The number of morpholine rings is 1. The van der Waals surface area contributed by atoms with Gasteiger partial charge in [0.2, 0.25) is 0 Å². The molecule has 0 aliphatic carbocycles. The van der Waals surface area contributed by atoms with Gasteiger partial charge in [0.1, 0.15) is 5.82 Å². The summed E-state index contributed by atoms with van der Waals surface area (Å²) in [6.45, 7) is 3.85. The highest BCUT2D eigenvalue weighted by Gasteiger charge is 2.27. The van der Waals surface area contributed by atoms with Crippen LogP contribution < -0.4 is 0 Å². The van der Waals surface area contributed by atoms with Gasteiger partial charge in [0, 0.05) is 23.6 Å². The van der Waals surface area contributed by atoms with Gasteiger partial charge in [-0.1, -0.05) is 22.0 Å². The summed E-state index contributed by atoms with van der Waals surface area (Å²) in [5.74, 6) is -1.13. The van der Waals surface area contributed by atoms with Gasteiger partial charge in [-0.15, -0.1) is 0 Å². The zero-order valence-corrected chi connectivity index (χ0v) is 12.8. The molecule has 1 aliphatic heterocycles. The van der Waals surface area contributed by atoms with Gasteiger partial charge >= 0.3 is 5.97 Å². The van der Waals surface area contributed by atoms with Crippen LogP contribution in [0.15, 0.2) is 22.7 Å². The van der Waals surface area contributed by atoms with Gasteiger partial charge in [0.25, 0.3) is 0 Å². The van der Waals surface area contributed by atoms with Gasteiger partial charge in [-0.3, -0.25) is 9.69 Å². The van der Waals surface area contributed by atoms with Crippen LogP contribution in [0.5, 0.6) is 0 Å². The average molecular weight is 346 g/mol. The van der Waals surface area contributed by atoms with Crippen LogP contribution in [0.1, 0.15) is 24.9 Å². The lowest BCUT2D eigenvalue weighted by Gasteiger charge is -2.36. The number of hydrogen-bond acceptors (Lipinski definition) is 3. The van der Waals surface area contributed by atoms with E-state index in [1.165, 1.54) is 12.1 Å². The lowest BCUT2D eigenvalue weighted by molar-refractivity contribution is -0.142. The highest BCUT2D eigenvalue weighted by molar-refractivity contribution is 9.10. The van der Waals surface area contributed by atoms with Crippen molar-refractivity contribution in [1.29, 1.82) is 0 Å². The molecule has 110 valence electrons. The summed E-state index contributed by atoms with van der Waals surface area (Å²) in [5.41, 5.74) is 0.988. The monoisotopic (exact) mass is 345 g/mol. The zero-order chi connectivity index (χ0) is 14.7. The number of benzene rings is 1. The molecule has 1 N–H and O–H groups in total. The first-order chi connectivity index (χ1) is 9.47. The third kappa shape index (κ3) is 3.77. The van der Waals surface area contributed by atoms with Crippen molar-refractivity contribution in [2.45, 2.75) is 25.5 Å². The van der Waals surface area contributed by atoms with Gasteiger partial charge in [0.05, 0.1) is 19.1 Å². The minimum atomic E-state index is -0.854. The molecular formula is C14H17BrFNO3. The van der Waals surface area contributed by atoms with Crippen molar-refractivity contribution < 1.29 is 19.0 Å². The van der Waals surface area contributed by atoms with Crippen LogP contribution >= 0.6 is 15.9 Å². The smallest absolute Gasteiger partial charge is 0.306 e. The molecule has 1 aromatic carbocycles. The first-order valence-electron chi connectivity index (χ1n) is 6.49. The fourth-order valence-electron chi connectivity index (χ4n) is 2.45. The first kappa shape index (κ1) is 15.4. The van der Waals surface area contributed by atoms with E-state index in [4.69, 9.17) is 9.84 Å². The van der Waals surface area contributed by atoms with Crippen LogP contribution in [0.25, 0.3) is 0 Å². The Hall–Kier alpha value is -0.980. The number of nitrogens with zero attached hydrogens (tertiary/aromatic N) is 1. The number of carboxylic acid groups (broad SMARTS) is 1. The van der Waals surface area contributed by atoms with Crippen LogP contribution in [0, 0.1) is 5.82 Å². The number of carboxylic acids is 1. The quantitative estimate of drug-likeness (QED) is 0.911. The van der Waals surface area contributed by atoms with Gasteiger partial charge in [-0.25, -0.2) is 4.39 Å². The van der Waals surface area contributed by atoms with Crippen molar-refractivity contribution >= 4 is 21.9 Å². The number of rotatable bonds is 4. The van der Waals surface area contributed by atoms with Crippen LogP contribution in [0.4, 0.5) is 4.39 Å². The van der Waals surface area contributed by atoms with Crippen molar-refractivity contribution in [3.8, 4) is 0 Å². The number of ether oxygens (including phenoxy) is 1. The Labute approximate surface area is 125 Å². The van der Waals surface area contributed by atoms with E-state index in [1.54, 1.807) is 6.07 Å². The molecule has 0 aromatic heterocycles. The summed E-state index contributed by atoms with van der Waals surface area (Å²) in [6.07, 6.45) is -0.281. The molecule has 0 bridgehead atoms. The van der Waals surface area contributed by atoms with E-state index in [0.717, 1.165) is 16.6 Å². The van der Waals surface area contributed by atoms with E-state index in [0.29, 0.717) is 13.2 Å². The third-order valence-corrected chi connectivity index (χ3v) is 4.22. The Kier molecular flexibility index (Phi) is 5.12.